The molecule has 100 valence electrons. The third-order valence-corrected chi connectivity index (χ3v) is 3.60. The minimum atomic E-state index is 0.0250. The number of anilines is 1. The van der Waals surface area contributed by atoms with Crippen LogP contribution in [0.5, 0.6) is 0 Å². The van der Waals surface area contributed by atoms with Crippen LogP contribution in [-0.2, 0) is 7.05 Å². The predicted octanol–water partition coefficient (Wildman–Crippen LogP) is 3.25. The average molecular weight is 264 g/mol. The minimum absolute atomic E-state index is 0.0250. The number of aromatic nitrogens is 1. The van der Waals surface area contributed by atoms with Gasteiger partial charge in [0.1, 0.15) is 0 Å². The summed E-state index contributed by atoms with van der Waals surface area (Å²) in [6, 6.07) is 17.8. The molecule has 1 heterocycles. The van der Waals surface area contributed by atoms with Crippen LogP contribution in [0.25, 0.3) is 22.0 Å². The topological polar surface area (TPSA) is 34.0 Å². The van der Waals surface area contributed by atoms with Crippen LogP contribution in [0.4, 0.5) is 5.69 Å². The molecule has 0 unspecified atom stereocenters. The molecular weight excluding hydrogens is 248 g/mol. The fourth-order valence-corrected chi connectivity index (χ4v) is 2.47. The molecule has 1 aromatic heterocycles. The van der Waals surface area contributed by atoms with Crippen LogP contribution < -0.4 is 10.9 Å². The molecule has 2 aromatic carbocycles. The zero-order valence-corrected chi connectivity index (χ0v) is 11.6. The molecule has 0 aliphatic heterocycles. The number of nitrogens with one attached hydrogen (secondary N) is 1. The van der Waals surface area contributed by atoms with E-state index < -0.39 is 0 Å². The Labute approximate surface area is 117 Å². The summed E-state index contributed by atoms with van der Waals surface area (Å²) in [6.07, 6.45) is 0. The highest BCUT2D eigenvalue weighted by atomic mass is 16.1. The Morgan fingerprint density at radius 3 is 2.60 bits per heavy atom. The Balaban J connectivity index is 2.31. The molecule has 0 fully saturated rings. The molecule has 0 saturated heterocycles. The van der Waals surface area contributed by atoms with Gasteiger partial charge in [0.05, 0.1) is 5.52 Å². The molecule has 20 heavy (non-hydrogen) atoms. The van der Waals surface area contributed by atoms with E-state index in [1.165, 1.54) is 0 Å². The van der Waals surface area contributed by atoms with Crippen molar-refractivity contribution in [2.75, 3.05) is 12.4 Å². The summed E-state index contributed by atoms with van der Waals surface area (Å²) in [7, 11) is 3.69. The van der Waals surface area contributed by atoms with Crippen molar-refractivity contribution in [3.8, 4) is 11.1 Å². The Morgan fingerprint density at radius 1 is 1.00 bits per heavy atom. The van der Waals surface area contributed by atoms with E-state index in [-0.39, 0.29) is 5.56 Å². The van der Waals surface area contributed by atoms with Crippen molar-refractivity contribution in [2.24, 2.45) is 7.05 Å². The third-order valence-electron chi connectivity index (χ3n) is 3.60. The number of benzene rings is 2. The lowest BCUT2D eigenvalue weighted by Crippen LogP contribution is -2.18. The molecular formula is C17H16N2O. The second-order valence-corrected chi connectivity index (χ2v) is 4.81. The molecule has 0 atom stereocenters. The smallest absolute Gasteiger partial charge is 0.258 e. The molecule has 3 heteroatoms. The van der Waals surface area contributed by atoms with Crippen molar-refractivity contribution in [3.05, 3.63) is 65.0 Å². The standard InChI is InChI=1S/C17H16N2O/c1-18-14-8-5-7-12(10-14)15-11-13-6-3-4-9-16(13)19(2)17(15)20/h3-11,18H,1-2H3. The maximum absolute atomic E-state index is 12.5. The first kappa shape index (κ1) is 12.5. The van der Waals surface area contributed by atoms with E-state index in [2.05, 4.69) is 5.32 Å². The van der Waals surface area contributed by atoms with Crippen molar-refractivity contribution >= 4 is 16.6 Å². The Kier molecular flexibility index (Phi) is 3.03. The molecule has 3 aromatic rings. The van der Waals surface area contributed by atoms with Gasteiger partial charge < -0.3 is 9.88 Å². The Bertz CT molecular complexity index is 834. The summed E-state index contributed by atoms with van der Waals surface area (Å²) in [6.45, 7) is 0. The van der Waals surface area contributed by atoms with Gasteiger partial charge in [-0.3, -0.25) is 4.79 Å². The van der Waals surface area contributed by atoms with Gasteiger partial charge in [0, 0.05) is 25.3 Å². The predicted molar refractivity (Wildman–Crippen MR) is 84.2 cm³/mol. The zero-order valence-electron chi connectivity index (χ0n) is 11.6. The van der Waals surface area contributed by atoms with Gasteiger partial charge in [-0.15, -0.1) is 0 Å². The lowest BCUT2D eigenvalue weighted by atomic mass is 10.0. The maximum atomic E-state index is 12.5. The first-order chi connectivity index (χ1) is 9.70. The minimum Gasteiger partial charge on any atom is -0.388 e. The third kappa shape index (κ3) is 1.97. The fourth-order valence-electron chi connectivity index (χ4n) is 2.47. The van der Waals surface area contributed by atoms with Crippen molar-refractivity contribution in [1.82, 2.24) is 4.57 Å². The van der Waals surface area contributed by atoms with Crippen molar-refractivity contribution in [3.63, 3.8) is 0 Å². The van der Waals surface area contributed by atoms with E-state index >= 15 is 0 Å². The summed E-state index contributed by atoms with van der Waals surface area (Å²) < 4.78 is 1.71. The summed E-state index contributed by atoms with van der Waals surface area (Å²) in [4.78, 5) is 12.5. The number of fused-ring (bicyclic) bond motifs is 1. The molecule has 0 bridgehead atoms. The van der Waals surface area contributed by atoms with Gasteiger partial charge in [-0.25, -0.2) is 0 Å². The molecule has 0 spiro atoms. The molecule has 3 rings (SSSR count). The number of rotatable bonds is 2. The normalized spacial score (nSPS) is 10.7. The van der Waals surface area contributed by atoms with E-state index in [0.29, 0.717) is 0 Å². The first-order valence-corrected chi connectivity index (χ1v) is 6.57. The largest absolute Gasteiger partial charge is 0.388 e. The van der Waals surface area contributed by atoms with Crippen molar-refractivity contribution in [1.29, 1.82) is 0 Å². The highest BCUT2D eigenvalue weighted by Crippen LogP contribution is 2.23. The lowest BCUT2D eigenvalue weighted by molar-refractivity contribution is 0.909. The lowest BCUT2D eigenvalue weighted by Gasteiger charge is -2.10. The first-order valence-electron chi connectivity index (χ1n) is 6.57. The van der Waals surface area contributed by atoms with Crippen LogP contribution >= 0.6 is 0 Å². The summed E-state index contributed by atoms with van der Waals surface area (Å²) >= 11 is 0. The number of pyridine rings is 1. The zero-order chi connectivity index (χ0) is 14.1. The van der Waals surface area contributed by atoms with E-state index in [4.69, 9.17) is 0 Å². The van der Waals surface area contributed by atoms with E-state index in [9.17, 15) is 4.79 Å². The monoisotopic (exact) mass is 264 g/mol. The number of hydrogen-bond donors (Lipinski definition) is 1. The van der Waals surface area contributed by atoms with Crippen LogP contribution in [-0.4, -0.2) is 11.6 Å². The Morgan fingerprint density at radius 2 is 1.80 bits per heavy atom. The van der Waals surface area contributed by atoms with Crippen molar-refractivity contribution < 1.29 is 0 Å². The fraction of sp³-hybridized carbons (Fsp3) is 0.118. The van der Waals surface area contributed by atoms with Crippen LogP contribution in [0.15, 0.2) is 59.4 Å². The van der Waals surface area contributed by atoms with Gasteiger partial charge in [0.25, 0.3) is 5.56 Å². The number of para-hydroxylation sites is 1. The number of nitrogens with zero attached hydrogens (tertiary/aromatic N) is 1. The molecule has 3 nitrogen and oxygen atoms in total. The summed E-state index contributed by atoms with van der Waals surface area (Å²) in [5.41, 5.74) is 3.63. The SMILES string of the molecule is CNc1cccc(-c2cc3ccccc3n(C)c2=O)c1. The van der Waals surface area contributed by atoms with Crippen LogP contribution in [0.2, 0.25) is 0 Å². The van der Waals surface area contributed by atoms with Gasteiger partial charge in [-0.2, -0.15) is 0 Å². The molecule has 0 aliphatic rings. The summed E-state index contributed by atoms with van der Waals surface area (Å²) in [5.74, 6) is 0. The molecule has 0 amide bonds. The second-order valence-electron chi connectivity index (χ2n) is 4.81. The Hall–Kier alpha value is -2.55. The van der Waals surface area contributed by atoms with Gasteiger partial charge in [-0.1, -0.05) is 30.3 Å². The second kappa shape index (κ2) is 4.85. The van der Waals surface area contributed by atoms with Crippen LogP contribution in [0, 0.1) is 0 Å². The quantitative estimate of drug-likeness (QED) is 0.771. The highest BCUT2D eigenvalue weighted by molar-refractivity contribution is 5.84. The van der Waals surface area contributed by atoms with Gasteiger partial charge in [-0.05, 0) is 35.2 Å². The van der Waals surface area contributed by atoms with Gasteiger partial charge >= 0.3 is 0 Å². The highest BCUT2D eigenvalue weighted by Gasteiger charge is 2.08. The van der Waals surface area contributed by atoms with E-state index in [0.717, 1.165) is 27.7 Å². The van der Waals surface area contributed by atoms with Crippen LogP contribution in [0.3, 0.4) is 0 Å². The molecule has 0 radical (unpaired) electrons. The number of hydrogen-bond acceptors (Lipinski definition) is 2. The molecule has 0 aliphatic carbocycles. The molecule has 0 saturated carbocycles. The van der Waals surface area contributed by atoms with Gasteiger partial charge in [0.15, 0.2) is 0 Å². The number of aryl methyl sites for hydroxylation is 1. The average Bonchev–Trinajstić information content (AvgIpc) is 2.51. The van der Waals surface area contributed by atoms with Crippen molar-refractivity contribution in [2.45, 2.75) is 0 Å². The van der Waals surface area contributed by atoms with E-state index in [1.807, 2.05) is 68.7 Å². The van der Waals surface area contributed by atoms with Gasteiger partial charge in [0.2, 0.25) is 0 Å². The van der Waals surface area contributed by atoms with E-state index in [1.54, 1.807) is 4.57 Å². The maximum Gasteiger partial charge on any atom is 0.258 e. The summed E-state index contributed by atoms with van der Waals surface area (Å²) in [5, 5.41) is 4.17. The van der Waals surface area contributed by atoms with Crippen LogP contribution in [0.1, 0.15) is 0 Å². The molecule has 1 N–H and O–H groups in total.